The molecule has 0 heterocycles. The molecular weight excluding hydrogens is 319 g/mol. The van der Waals surface area contributed by atoms with Crippen molar-refractivity contribution >= 4 is 0 Å². The van der Waals surface area contributed by atoms with Crippen molar-refractivity contribution < 1.29 is 48.3 Å². The Balaban J connectivity index is 5.94. The van der Waals surface area contributed by atoms with Gasteiger partial charge in [-0.3, -0.25) is 0 Å². The van der Waals surface area contributed by atoms with Gasteiger partial charge >= 0.3 is 29.9 Å². The summed E-state index contributed by atoms with van der Waals surface area (Å²) in [6.07, 6.45) is -8.21. The van der Waals surface area contributed by atoms with Crippen LogP contribution in [0.1, 0.15) is 13.3 Å². The van der Waals surface area contributed by atoms with Crippen molar-refractivity contribution in [3.05, 3.63) is 0 Å². The van der Waals surface area contributed by atoms with Crippen LogP contribution in [-0.2, 0) is 0 Å². The van der Waals surface area contributed by atoms with Crippen LogP contribution >= 0.6 is 0 Å². The summed E-state index contributed by atoms with van der Waals surface area (Å²) in [5.41, 5.74) is 4.40. The van der Waals surface area contributed by atoms with E-state index in [9.17, 15) is 48.3 Å². The minimum absolute atomic E-state index is 0.731. The maximum absolute atomic E-state index is 13.0. The monoisotopic (exact) mass is 327 g/mol. The third-order valence-corrected chi connectivity index (χ3v) is 2.47. The van der Waals surface area contributed by atoms with Crippen LogP contribution in [0.5, 0.6) is 0 Å². The zero-order valence-corrected chi connectivity index (χ0v) is 9.52. The maximum Gasteiger partial charge on any atom is 0.460 e. The highest BCUT2D eigenvalue weighted by molar-refractivity contribution is 5.08. The summed E-state index contributed by atoms with van der Waals surface area (Å²) in [5, 5.41) is 0. The zero-order chi connectivity index (χ0) is 16.8. The molecule has 1 nitrogen and oxygen atoms in total. The molecular formula is C8H8F11N. The molecule has 0 saturated heterocycles. The molecule has 0 rings (SSSR count). The molecule has 2 N–H and O–H groups in total. The number of hydrogen-bond donors (Lipinski definition) is 1. The van der Waals surface area contributed by atoms with E-state index in [2.05, 4.69) is 5.73 Å². The maximum atomic E-state index is 13.0. The van der Waals surface area contributed by atoms with E-state index >= 15 is 0 Å². The molecule has 0 aliphatic rings. The lowest BCUT2D eigenvalue weighted by Crippen LogP contribution is -2.69. The van der Waals surface area contributed by atoms with E-state index in [1.807, 2.05) is 0 Å². The topological polar surface area (TPSA) is 26.0 Å². The highest BCUT2D eigenvalue weighted by atomic mass is 19.4. The smallest absolute Gasteiger partial charge is 0.322 e. The fraction of sp³-hybridized carbons (Fsp3) is 1.00. The minimum atomic E-state index is -7.38. The van der Waals surface area contributed by atoms with E-state index in [-0.39, 0.29) is 0 Å². The second kappa shape index (κ2) is 4.88. The van der Waals surface area contributed by atoms with Crippen LogP contribution < -0.4 is 5.73 Å². The molecule has 0 amide bonds. The molecule has 1 atom stereocenters. The first-order chi connectivity index (χ1) is 8.48. The second-order valence-electron chi connectivity index (χ2n) is 3.86. The number of nitrogens with two attached hydrogens (primary N) is 1. The lowest BCUT2D eigenvalue weighted by Gasteiger charge is -2.39. The summed E-state index contributed by atoms with van der Waals surface area (Å²) in [6, 6.07) is -3.03. The number of hydrogen-bond acceptors (Lipinski definition) is 1. The first kappa shape index (κ1) is 19.2. The predicted molar refractivity (Wildman–Crippen MR) is 44.1 cm³/mol. The second-order valence-corrected chi connectivity index (χ2v) is 3.86. The molecule has 0 aromatic heterocycles. The standard InChI is InChI=1S/C8H8F11N/c1-2-3(20)4(9,10)5(11,12)6(13,14)7(15,16)8(17,18)19/h3H,2,20H2,1H3. The molecule has 20 heavy (non-hydrogen) atoms. The Kier molecular flexibility index (Phi) is 4.68. The molecule has 1 unspecified atom stereocenters. The van der Waals surface area contributed by atoms with Crippen LogP contribution in [0.4, 0.5) is 48.3 Å². The fourth-order valence-corrected chi connectivity index (χ4v) is 1.07. The molecule has 0 spiro atoms. The fourth-order valence-electron chi connectivity index (χ4n) is 1.07. The third kappa shape index (κ3) is 2.42. The normalized spacial score (nSPS) is 17.2. The van der Waals surface area contributed by atoms with E-state index in [4.69, 9.17) is 0 Å². The quantitative estimate of drug-likeness (QED) is 0.763. The Bertz CT molecular complexity index is 345. The third-order valence-electron chi connectivity index (χ3n) is 2.47. The Hall–Kier alpha value is -0.810. The number of halogens is 11. The van der Waals surface area contributed by atoms with Crippen molar-refractivity contribution in [2.75, 3.05) is 0 Å². The Labute approximate surface area is 104 Å². The molecule has 0 bridgehead atoms. The van der Waals surface area contributed by atoms with Crippen molar-refractivity contribution in [1.29, 1.82) is 0 Å². The SMILES string of the molecule is CCC(N)C(F)(F)C(F)(F)C(F)(F)C(F)(F)C(F)(F)F. The Morgan fingerprint density at radius 2 is 1.05 bits per heavy atom. The number of rotatable bonds is 5. The molecule has 0 radical (unpaired) electrons. The highest BCUT2D eigenvalue weighted by Crippen LogP contribution is 2.57. The molecule has 0 aromatic carbocycles. The largest absolute Gasteiger partial charge is 0.460 e. The first-order valence-corrected chi connectivity index (χ1v) is 4.82. The van der Waals surface area contributed by atoms with Crippen LogP contribution in [0, 0.1) is 0 Å². The van der Waals surface area contributed by atoms with E-state index in [1.165, 1.54) is 0 Å². The van der Waals surface area contributed by atoms with Gasteiger partial charge in [0.25, 0.3) is 0 Å². The van der Waals surface area contributed by atoms with Gasteiger partial charge in [-0.2, -0.15) is 48.3 Å². The summed E-state index contributed by atoms with van der Waals surface area (Å²) in [6.45, 7) is 0.731. The van der Waals surface area contributed by atoms with E-state index in [1.54, 1.807) is 0 Å². The van der Waals surface area contributed by atoms with Crippen LogP contribution in [0.15, 0.2) is 0 Å². The molecule has 0 fully saturated rings. The Morgan fingerprint density at radius 1 is 0.700 bits per heavy atom. The van der Waals surface area contributed by atoms with Gasteiger partial charge in [-0.1, -0.05) is 6.92 Å². The molecule has 0 aliphatic carbocycles. The van der Waals surface area contributed by atoms with Crippen LogP contribution in [0.2, 0.25) is 0 Å². The van der Waals surface area contributed by atoms with Crippen molar-refractivity contribution in [2.24, 2.45) is 5.73 Å². The van der Waals surface area contributed by atoms with E-state index in [0.717, 1.165) is 6.92 Å². The predicted octanol–water partition coefficient (Wildman–Crippen LogP) is 3.83. The van der Waals surface area contributed by atoms with Crippen molar-refractivity contribution in [3.63, 3.8) is 0 Å². The molecule has 0 aromatic rings. The highest BCUT2D eigenvalue weighted by Gasteiger charge is 2.87. The van der Waals surface area contributed by atoms with Gasteiger partial charge < -0.3 is 5.73 Å². The molecule has 0 aliphatic heterocycles. The number of alkyl halides is 11. The summed E-state index contributed by atoms with van der Waals surface area (Å²) in [4.78, 5) is 0. The van der Waals surface area contributed by atoms with Crippen LogP contribution in [0.25, 0.3) is 0 Å². The van der Waals surface area contributed by atoms with Crippen LogP contribution in [0.3, 0.4) is 0 Å². The van der Waals surface area contributed by atoms with Gasteiger partial charge in [-0.15, -0.1) is 0 Å². The van der Waals surface area contributed by atoms with Gasteiger partial charge in [-0.25, -0.2) is 0 Å². The summed E-state index contributed by atoms with van der Waals surface area (Å²) in [7, 11) is 0. The van der Waals surface area contributed by atoms with Gasteiger partial charge in [0.1, 0.15) is 0 Å². The van der Waals surface area contributed by atoms with Crippen molar-refractivity contribution in [3.8, 4) is 0 Å². The summed E-state index contributed by atoms with van der Waals surface area (Å²) >= 11 is 0. The lowest BCUT2D eigenvalue weighted by molar-refractivity contribution is -0.423. The van der Waals surface area contributed by atoms with Crippen LogP contribution in [-0.4, -0.2) is 35.9 Å². The zero-order valence-electron chi connectivity index (χ0n) is 9.52. The lowest BCUT2D eigenvalue weighted by atomic mass is 9.92. The minimum Gasteiger partial charge on any atom is -0.322 e. The van der Waals surface area contributed by atoms with Gasteiger partial charge in [0.2, 0.25) is 0 Å². The average molecular weight is 327 g/mol. The van der Waals surface area contributed by atoms with E-state index < -0.39 is 42.3 Å². The van der Waals surface area contributed by atoms with Gasteiger partial charge in [0, 0.05) is 0 Å². The van der Waals surface area contributed by atoms with Gasteiger partial charge in [-0.05, 0) is 6.42 Å². The van der Waals surface area contributed by atoms with Gasteiger partial charge in [0.05, 0.1) is 6.04 Å². The average Bonchev–Trinajstić information content (AvgIpc) is 2.25. The first-order valence-electron chi connectivity index (χ1n) is 4.82. The molecule has 0 saturated carbocycles. The summed E-state index contributed by atoms with van der Waals surface area (Å²) in [5.74, 6) is -27.7. The van der Waals surface area contributed by atoms with Crippen molar-refractivity contribution in [1.82, 2.24) is 0 Å². The molecule has 122 valence electrons. The summed E-state index contributed by atoms with van der Waals surface area (Å²) < 4.78 is 137. The van der Waals surface area contributed by atoms with Crippen molar-refractivity contribution in [2.45, 2.75) is 49.3 Å². The van der Waals surface area contributed by atoms with E-state index in [0.29, 0.717) is 0 Å². The Morgan fingerprint density at radius 3 is 1.30 bits per heavy atom. The molecule has 12 heteroatoms. The van der Waals surface area contributed by atoms with Gasteiger partial charge in [0.15, 0.2) is 0 Å².